The second kappa shape index (κ2) is 6.68. The molecule has 3 atom stereocenters. The standard InChI is InChI=1S/C14H29N3O2/c1-10(2)16-14(5,13(15)18)6-7-17-8-11(3)19-12(4)9-17/h10-12,16H,6-9H2,1-5H3,(H2,15,18). The molecule has 1 heterocycles. The van der Waals surface area contributed by atoms with E-state index in [-0.39, 0.29) is 24.2 Å². The molecule has 0 aromatic rings. The summed E-state index contributed by atoms with van der Waals surface area (Å²) in [7, 11) is 0. The maximum Gasteiger partial charge on any atom is 0.237 e. The van der Waals surface area contributed by atoms with Crippen molar-refractivity contribution in [2.24, 2.45) is 5.73 Å². The van der Waals surface area contributed by atoms with Crippen LogP contribution in [0.2, 0.25) is 0 Å². The molecule has 112 valence electrons. The van der Waals surface area contributed by atoms with Crippen molar-refractivity contribution in [1.82, 2.24) is 10.2 Å². The first kappa shape index (κ1) is 16.4. The Balaban J connectivity index is 2.54. The normalized spacial score (nSPS) is 28.3. The van der Waals surface area contributed by atoms with Crippen LogP contribution in [0.25, 0.3) is 0 Å². The summed E-state index contributed by atoms with van der Waals surface area (Å²) in [6, 6.07) is 0.236. The van der Waals surface area contributed by atoms with Gasteiger partial charge in [0, 0.05) is 25.7 Å². The Morgan fingerprint density at radius 2 is 1.95 bits per heavy atom. The second-order valence-electron chi connectivity index (χ2n) is 6.26. The monoisotopic (exact) mass is 271 g/mol. The molecule has 0 aliphatic carbocycles. The van der Waals surface area contributed by atoms with E-state index in [1.807, 2.05) is 20.8 Å². The lowest BCUT2D eigenvalue weighted by Gasteiger charge is -2.38. The van der Waals surface area contributed by atoms with Gasteiger partial charge in [0.2, 0.25) is 5.91 Å². The first-order valence-electron chi connectivity index (χ1n) is 7.18. The van der Waals surface area contributed by atoms with Crippen LogP contribution in [0.15, 0.2) is 0 Å². The topological polar surface area (TPSA) is 67.6 Å². The highest BCUT2D eigenvalue weighted by atomic mass is 16.5. The second-order valence-corrected chi connectivity index (χ2v) is 6.26. The number of carbonyl (C=O) groups is 1. The fourth-order valence-corrected chi connectivity index (χ4v) is 2.75. The molecule has 0 aromatic heterocycles. The Hall–Kier alpha value is -0.650. The third kappa shape index (κ3) is 5.09. The van der Waals surface area contributed by atoms with Crippen LogP contribution in [0.1, 0.15) is 41.0 Å². The predicted molar refractivity (Wildman–Crippen MR) is 76.9 cm³/mol. The van der Waals surface area contributed by atoms with Gasteiger partial charge < -0.3 is 15.8 Å². The summed E-state index contributed by atoms with van der Waals surface area (Å²) in [6.07, 6.45) is 1.23. The molecule has 1 fully saturated rings. The number of amides is 1. The third-order valence-corrected chi connectivity index (χ3v) is 3.57. The highest BCUT2D eigenvalue weighted by molar-refractivity contribution is 5.84. The molecule has 1 aliphatic rings. The SMILES string of the molecule is CC(C)NC(C)(CCN1CC(C)OC(C)C1)C(N)=O. The van der Waals surface area contributed by atoms with Gasteiger partial charge in [0.05, 0.1) is 17.7 Å². The highest BCUT2D eigenvalue weighted by Gasteiger charge is 2.32. The summed E-state index contributed by atoms with van der Waals surface area (Å²) in [5, 5.41) is 3.29. The van der Waals surface area contributed by atoms with Crippen molar-refractivity contribution in [2.45, 2.75) is 64.8 Å². The Morgan fingerprint density at radius 1 is 1.42 bits per heavy atom. The minimum Gasteiger partial charge on any atom is -0.373 e. The number of hydrogen-bond acceptors (Lipinski definition) is 4. The number of ether oxygens (including phenoxy) is 1. The van der Waals surface area contributed by atoms with Gasteiger partial charge in [-0.2, -0.15) is 0 Å². The van der Waals surface area contributed by atoms with E-state index in [1.165, 1.54) is 0 Å². The number of morpholine rings is 1. The first-order valence-corrected chi connectivity index (χ1v) is 7.18. The lowest BCUT2D eigenvalue weighted by Crippen LogP contribution is -2.57. The van der Waals surface area contributed by atoms with E-state index in [0.29, 0.717) is 0 Å². The van der Waals surface area contributed by atoms with Crippen molar-refractivity contribution in [2.75, 3.05) is 19.6 Å². The van der Waals surface area contributed by atoms with Gasteiger partial charge in [-0.1, -0.05) is 0 Å². The van der Waals surface area contributed by atoms with Crippen molar-refractivity contribution >= 4 is 5.91 Å². The van der Waals surface area contributed by atoms with Crippen molar-refractivity contribution in [1.29, 1.82) is 0 Å². The van der Waals surface area contributed by atoms with Crippen LogP contribution in [0.5, 0.6) is 0 Å². The van der Waals surface area contributed by atoms with Crippen molar-refractivity contribution in [3.05, 3.63) is 0 Å². The lowest BCUT2D eigenvalue weighted by molar-refractivity contribution is -0.124. The number of hydrogen-bond donors (Lipinski definition) is 2. The van der Waals surface area contributed by atoms with Gasteiger partial charge in [0.15, 0.2) is 0 Å². The number of nitrogens with zero attached hydrogens (tertiary/aromatic N) is 1. The van der Waals surface area contributed by atoms with E-state index < -0.39 is 5.54 Å². The molecule has 5 nitrogen and oxygen atoms in total. The Kier molecular flexibility index (Phi) is 5.77. The predicted octanol–water partition coefficient (Wildman–Crippen LogP) is 0.728. The molecule has 1 amide bonds. The van der Waals surface area contributed by atoms with E-state index in [1.54, 1.807) is 0 Å². The summed E-state index contributed by atoms with van der Waals surface area (Å²) in [5.41, 5.74) is 4.90. The van der Waals surface area contributed by atoms with Gasteiger partial charge >= 0.3 is 0 Å². The number of nitrogens with one attached hydrogen (secondary N) is 1. The molecule has 1 rings (SSSR count). The first-order chi connectivity index (χ1) is 8.73. The van der Waals surface area contributed by atoms with Crippen molar-refractivity contribution in [3.8, 4) is 0 Å². The largest absolute Gasteiger partial charge is 0.373 e. The van der Waals surface area contributed by atoms with Gasteiger partial charge in [-0.05, 0) is 41.0 Å². The molecule has 1 aliphatic heterocycles. The molecule has 3 N–H and O–H groups in total. The fraction of sp³-hybridized carbons (Fsp3) is 0.929. The van der Waals surface area contributed by atoms with Crippen LogP contribution in [0.3, 0.4) is 0 Å². The molecule has 0 aromatic carbocycles. The van der Waals surface area contributed by atoms with E-state index in [4.69, 9.17) is 10.5 Å². The van der Waals surface area contributed by atoms with Gasteiger partial charge in [0.25, 0.3) is 0 Å². The van der Waals surface area contributed by atoms with E-state index in [9.17, 15) is 4.79 Å². The Labute approximate surface area is 116 Å². The zero-order valence-corrected chi connectivity index (χ0v) is 12.9. The molecule has 0 bridgehead atoms. The molecular formula is C14H29N3O2. The van der Waals surface area contributed by atoms with Crippen molar-refractivity contribution < 1.29 is 9.53 Å². The molecule has 0 saturated carbocycles. The van der Waals surface area contributed by atoms with E-state index in [0.717, 1.165) is 26.1 Å². The number of rotatable bonds is 6. The maximum absolute atomic E-state index is 11.7. The molecule has 19 heavy (non-hydrogen) atoms. The minimum atomic E-state index is -0.640. The molecule has 5 heteroatoms. The number of carbonyl (C=O) groups excluding carboxylic acids is 1. The van der Waals surface area contributed by atoms with Gasteiger partial charge in [0.1, 0.15) is 0 Å². The van der Waals surface area contributed by atoms with Crippen LogP contribution in [-0.2, 0) is 9.53 Å². The molecular weight excluding hydrogens is 242 g/mol. The molecule has 1 saturated heterocycles. The molecule has 0 radical (unpaired) electrons. The van der Waals surface area contributed by atoms with Crippen LogP contribution in [0.4, 0.5) is 0 Å². The van der Waals surface area contributed by atoms with Gasteiger partial charge in [-0.3, -0.25) is 9.69 Å². The van der Waals surface area contributed by atoms with Crippen LogP contribution < -0.4 is 11.1 Å². The lowest BCUT2D eigenvalue weighted by atomic mass is 9.95. The van der Waals surface area contributed by atoms with Gasteiger partial charge in [-0.15, -0.1) is 0 Å². The Morgan fingerprint density at radius 3 is 2.37 bits per heavy atom. The average Bonchev–Trinajstić information content (AvgIpc) is 2.24. The number of primary amides is 1. The zero-order valence-electron chi connectivity index (χ0n) is 12.9. The fourth-order valence-electron chi connectivity index (χ4n) is 2.75. The molecule has 3 unspecified atom stereocenters. The zero-order chi connectivity index (χ0) is 14.6. The highest BCUT2D eigenvalue weighted by Crippen LogP contribution is 2.15. The number of nitrogens with two attached hydrogens (primary N) is 1. The average molecular weight is 271 g/mol. The van der Waals surface area contributed by atoms with Gasteiger partial charge in [-0.25, -0.2) is 0 Å². The summed E-state index contributed by atoms with van der Waals surface area (Å²) >= 11 is 0. The summed E-state index contributed by atoms with van der Waals surface area (Å²) in [6.45, 7) is 12.8. The smallest absolute Gasteiger partial charge is 0.237 e. The van der Waals surface area contributed by atoms with Crippen LogP contribution >= 0.6 is 0 Å². The summed E-state index contributed by atoms with van der Waals surface area (Å²) in [4.78, 5) is 14.0. The third-order valence-electron chi connectivity index (χ3n) is 3.57. The van der Waals surface area contributed by atoms with E-state index in [2.05, 4.69) is 24.1 Å². The summed E-state index contributed by atoms with van der Waals surface area (Å²) < 4.78 is 5.71. The summed E-state index contributed by atoms with van der Waals surface area (Å²) in [5.74, 6) is -0.282. The van der Waals surface area contributed by atoms with Crippen LogP contribution in [-0.4, -0.2) is 54.2 Å². The molecule has 0 spiro atoms. The van der Waals surface area contributed by atoms with E-state index >= 15 is 0 Å². The quantitative estimate of drug-likeness (QED) is 0.747. The minimum absolute atomic E-state index is 0.236. The van der Waals surface area contributed by atoms with Crippen molar-refractivity contribution in [3.63, 3.8) is 0 Å². The van der Waals surface area contributed by atoms with Crippen LogP contribution in [0, 0.1) is 0 Å². The maximum atomic E-state index is 11.7. The Bertz CT molecular complexity index is 299.